The smallest absolute Gasteiger partial charge is 0.251 e. The third kappa shape index (κ3) is 7.64. The van der Waals surface area contributed by atoms with Crippen molar-refractivity contribution in [2.75, 3.05) is 38.8 Å². The van der Waals surface area contributed by atoms with Gasteiger partial charge in [-0.2, -0.15) is 0 Å². The van der Waals surface area contributed by atoms with Crippen molar-refractivity contribution in [1.82, 2.24) is 10.2 Å². The van der Waals surface area contributed by atoms with Gasteiger partial charge in [0.05, 0.1) is 18.9 Å². The van der Waals surface area contributed by atoms with Crippen LogP contribution in [-0.2, 0) is 10.5 Å². The van der Waals surface area contributed by atoms with Crippen LogP contribution in [0.1, 0.15) is 27.5 Å². The first-order chi connectivity index (χ1) is 16.5. The molecular formula is C27H31N3O3S. The van der Waals surface area contributed by atoms with Crippen molar-refractivity contribution in [3.63, 3.8) is 0 Å². The van der Waals surface area contributed by atoms with Crippen molar-refractivity contribution in [3.8, 4) is 5.75 Å². The van der Waals surface area contributed by atoms with Crippen LogP contribution >= 0.6 is 11.8 Å². The molecule has 0 bridgehead atoms. The van der Waals surface area contributed by atoms with Gasteiger partial charge in [0.15, 0.2) is 0 Å². The van der Waals surface area contributed by atoms with Crippen molar-refractivity contribution < 1.29 is 14.3 Å². The minimum atomic E-state index is -0.109. The molecule has 0 radical (unpaired) electrons. The Balaban J connectivity index is 1.46. The lowest BCUT2D eigenvalue weighted by Gasteiger charge is -2.25. The highest BCUT2D eigenvalue weighted by atomic mass is 32.2. The van der Waals surface area contributed by atoms with Crippen molar-refractivity contribution in [2.45, 2.75) is 11.8 Å². The summed E-state index contributed by atoms with van der Waals surface area (Å²) < 4.78 is 5.23. The number of carbonyl (C=O) groups excluding carboxylic acids is 2. The van der Waals surface area contributed by atoms with Gasteiger partial charge >= 0.3 is 0 Å². The van der Waals surface area contributed by atoms with E-state index in [0.717, 1.165) is 22.6 Å². The van der Waals surface area contributed by atoms with Crippen molar-refractivity contribution in [3.05, 3.63) is 95.6 Å². The summed E-state index contributed by atoms with van der Waals surface area (Å²) in [7, 11) is 5.63. The van der Waals surface area contributed by atoms with Crippen LogP contribution in [0.15, 0.2) is 78.9 Å². The summed E-state index contributed by atoms with van der Waals surface area (Å²) in [6.07, 6.45) is 0. The number of nitrogens with one attached hydrogen (secondary N) is 2. The van der Waals surface area contributed by atoms with Gasteiger partial charge in [-0.15, -0.1) is 11.8 Å². The van der Waals surface area contributed by atoms with Crippen LogP contribution in [0.2, 0.25) is 0 Å². The minimum absolute atomic E-state index is 0.0282. The molecule has 0 heterocycles. The number of rotatable bonds is 11. The fourth-order valence-electron chi connectivity index (χ4n) is 3.45. The van der Waals surface area contributed by atoms with Gasteiger partial charge in [0.25, 0.3) is 5.91 Å². The molecule has 178 valence electrons. The monoisotopic (exact) mass is 477 g/mol. The van der Waals surface area contributed by atoms with E-state index in [1.165, 1.54) is 11.8 Å². The summed E-state index contributed by atoms with van der Waals surface area (Å²) in [5, 5.41) is 5.92. The zero-order chi connectivity index (χ0) is 24.3. The van der Waals surface area contributed by atoms with E-state index in [1.54, 1.807) is 7.11 Å². The summed E-state index contributed by atoms with van der Waals surface area (Å²) in [4.78, 5) is 26.8. The average molecular weight is 478 g/mol. The Bertz CT molecular complexity index is 1050. The zero-order valence-corrected chi connectivity index (χ0v) is 20.6. The number of hydrogen-bond acceptors (Lipinski definition) is 5. The number of methoxy groups -OCH3 is 1. The lowest BCUT2D eigenvalue weighted by Crippen LogP contribution is -2.34. The number of ether oxygens (including phenoxy) is 1. The van der Waals surface area contributed by atoms with Gasteiger partial charge in [-0.25, -0.2) is 0 Å². The normalized spacial score (nSPS) is 11.6. The SMILES string of the molecule is COc1ccc(C(CNC(=O)c2ccc(CSCC(=O)Nc3ccccc3)cc2)N(C)C)cc1. The Morgan fingerprint density at radius 1 is 0.941 bits per heavy atom. The van der Waals surface area contributed by atoms with Gasteiger partial charge in [0.2, 0.25) is 5.91 Å². The van der Waals surface area contributed by atoms with Crippen molar-refractivity contribution in [2.24, 2.45) is 0 Å². The fraction of sp³-hybridized carbons (Fsp3) is 0.259. The molecule has 3 aromatic carbocycles. The molecule has 3 aromatic rings. The maximum Gasteiger partial charge on any atom is 0.251 e. The van der Waals surface area contributed by atoms with Crippen LogP contribution in [-0.4, -0.2) is 50.2 Å². The lowest BCUT2D eigenvalue weighted by molar-refractivity contribution is -0.113. The molecule has 0 saturated carbocycles. The van der Waals surface area contributed by atoms with Gasteiger partial charge in [0.1, 0.15) is 5.75 Å². The van der Waals surface area contributed by atoms with Crippen LogP contribution in [0.3, 0.4) is 0 Å². The molecule has 0 aliphatic carbocycles. The largest absolute Gasteiger partial charge is 0.497 e. The van der Waals surface area contributed by atoms with Crippen molar-refractivity contribution >= 4 is 29.3 Å². The van der Waals surface area contributed by atoms with E-state index in [9.17, 15) is 9.59 Å². The van der Waals surface area contributed by atoms with Crippen molar-refractivity contribution in [1.29, 1.82) is 0 Å². The molecular weight excluding hydrogens is 446 g/mol. The number of para-hydroxylation sites is 1. The highest BCUT2D eigenvalue weighted by Gasteiger charge is 2.16. The predicted octanol–water partition coefficient (Wildman–Crippen LogP) is 4.60. The van der Waals surface area contributed by atoms with Crippen LogP contribution in [0.5, 0.6) is 5.75 Å². The molecule has 0 aromatic heterocycles. The maximum atomic E-state index is 12.7. The van der Waals surface area contributed by atoms with E-state index < -0.39 is 0 Å². The van der Waals surface area contributed by atoms with Crippen LogP contribution < -0.4 is 15.4 Å². The standard InChI is InChI=1S/C27H31N3O3S/c1-30(2)25(21-13-15-24(33-3)16-14-21)17-28-27(32)22-11-9-20(10-12-22)18-34-19-26(31)29-23-7-5-4-6-8-23/h4-16,25H,17-19H2,1-3H3,(H,28,32)(H,29,31). The molecule has 0 fully saturated rings. The minimum Gasteiger partial charge on any atom is -0.497 e. The molecule has 3 rings (SSSR count). The highest BCUT2D eigenvalue weighted by molar-refractivity contribution is 7.99. The zero-order valence-electron chi connectivity index (χ0n) is 19.8. The fourth-order valence-corrected chi connectivity index (χ4v) is 4.24. The van der Waals surface area contributed by atoms with Crippen LogP contribution in [0, 0.1) is 0 Å². The van der Waals surface area contributed by atoms with Gasteiger partial charge in [-0.05, 0) is 61.6 Å². The molecule has 6 nitrogen and oxygen atoms in total. The Hall–Kier alpha value is -3.29. The van der Waals surface area contributed by atoms with E-state index >= 15 is 0 Å². The number of anilines is 1. The second kappa shape index (κ2) is 12.8. The number of thioether (sulfide) groups is 1. The number of benzene rings is 3. The molecule has 0 aliphatic rings. The van der Waals surface area contributed by atoms with E-state index in [4.69, 9.17) is 4.74 Å². The summed E-state index contributed by atoms with van der Waals surface area (Å²) in [6.45, 7) is 0.492. The van der Waals surface area contributed by atoms with Gasteiger partial charge in [-0.3, -0.25) is 9.59 Å². The third-order valence-electron chi connectivity index (χ3n) is 5.36. The number of carbonyl (C=O) groups is 2. The lowest BCUT2D eigenvalue weighted by atomic mass is 10.1. The molecule has 0 saturated heterocycles. The Kier molecular flexibility index (Phi) is 9.55. The molecule has 7 heteroatoms. The summed E-state index contributed by atoms with van der Waals surface area (Å²) in [5.41, 5.74) is 3.59. The number of nitrogens with zero attached hydrogens (tertiary/aromatic N) is 1. The quantitative estimate of drug-likeness (QED) is 0.422. The first-order valence-corrected chi connectivity index (χ1v) is 12.2. The average Bonchev–Trinajstić information content (AvgIpc) is 2.85. The van der Waals surface area contributed by atoms with E-state index in [-0.39, 0.29) is 17.9 Å². The van der Waals surface area contributed by atoms with E-state index in [1.807, 2.05) is 93.0 Å². The summed E-state index contributed by atoms with van der Waals surface area (Å²) in [6, 6.07) is 24.9. The third-order valence-corrected chi connectivity index (χ3v) is 6.36. The Labute approximate surface area is 205 Å². The molecule has 2 amide bonds. The molecule has 0 aliphatic heterocycles. The molecule has 1 atom stereocenters. The number of likely N-dealkylation sites (N-methyl/N-ethyl adjacent to an activating group) is 1. The molecule has 2 N–H and O–H groups in total. The number of amides is 2. The topological polar surface area (TPSA) is 70.7 Å². The van der Waals surface area contributed by atoms with Gasteiger partial charge in [0, 0.05) is 23.5 Å². The predicted molar refractivity (Wildman–Crippen MR) is 139 cm³/mol. The summed E-state index contributed by atoms with van der Waals surface area (Å²) >= 11 is 1.54. The second-order valence-corrected chi connectivity index (χ2v) is 9.05. The van der Waals surface area contributed by atoms with Gasteiger partial charge < -0.3 is 20.3 Å². The van der Waals surface area contributed by atoms with Crippen LogP contribution in [0.4, 0.5) is 5.69 Å². The summed E-state index contributed by atoms with van der Waals surface area (Å²) in [5.74, 6) is 1.74. The number of hydrogen-bond donors (Lipinski definition) is 2. The molecule has 34 heavy (non-hydrogen) atoms. The molecule has 1 unspecified atom stereocenters. The van der Waals surface area contributed by atoms with Gasteiger partial charge in [-0.1, -0.05) is 42.5 Å². The Morgan fingerprint density at radius 3 is 2.24 bits per heavy atom. The maximum absolute atomic E-state index is 12.7. The Morgan fingerprint density at radius 2 is 1.62 bits per heavy atom. The van der Waals surface area contributed by atoms with E-state index in [2.05, 4.69) is 15.5 Å². The highest BCUT2D eigenvalue weighted by Crippen LogP contribution is 2.21. The van der Waals surface area contributed by atoms with E-state index in [0.29, 0.717) is 23.6 Å². The first kappa shape index (κ1) is 25.3. The molecule has 0 spiro atoms. The first-order valence-electron chi connectivity index (χ1n) is 11.1. The van der Waals surface area contributed by atoms with Crippen LogP contribution in [0.25, 0.3) is 0 Å². The second-order valence-electron chi connectivity index (χ2n) is 8.07.